The van der Waals surface area contributed by atoms with Gasteiger partial charge in [-0.1, -0.05) is 13.8 Å². The van der Waals surface area contributed by atoms with E-state index in [2.05, 4.69) is 0 Å². The second kappa shape index (κ2) is 6.89. The Balaban J connectivity index is 4.62. The molecule has 1 N–H and O–H groups in total. The van der Waals surface area contributed by atoms with Crippen LogP contribution in [0.4, 0.5) is 0 Å². The Hall–Kier alpha value is -1.57. The topological polar surface area (TPSA) is 81.4 Å². The maximum Gasteiger partial charge on any atom is 0.310 e. The zero-order valence-corrected chi connectivity index (χ0v) is 10.7. The van der Waals surface area contributed by atoms with Crippen LogP contribution in [0.25, 0.3) is 0 Å². The maximum absolute atomic E-state index is 11.8. The van der Waals surface area contributed by atoms with Crippen molar-refractivity contribution in [3.8, 4) is 6.07 Å². The number of carboxylic acids is 1. The van der Waals surface area contributed by atoms with Crippen molar-refractivity contribution in [3.63, 3.8) is 0 Å². The van der Waals surface area contributed by atoms with Crippen LogP contribution in [0.1, 0.15) is 39.5 Å². The van der Waals surface area contributed by atoms with Gasteiger partial charge in [0.15, 0.2) is 0 Å². The second-order valence-corrected chi connectivity index (χ2v) is 4.19. The largest absolute Gasteiger partial charge is 0.481 e. The maximum atomic E-state index is 11.8. The molecule has 0 aromatic rings. The summed E-state index contributed by atoms with van der Waals surface area (Å²) < 4.78 is 0. The number of amides is 1. The summed E-state index contributed by atoms with van der Waals surface area (Å²) in [5, 5.41) is 17.6. The van der Waals surface area contributed by atoms with Gasteiger partial charge in [-0.25, -0.2) is 0 Å². The molecule has 5 heteroatoms. The van der Waals surface area contributed by atoms with E-state index in [-0.39, 0.29) is 18.7 Å². The van der Waals surface area contributed by atoms with Crippen molar-refractivity contribution in [2.45, 2.75) is 39.5 Å². The van der Waals surface area contributed by atoms with Gasteiger partial charge < -0.3 is 10.0 Å². The minimum Gasteiger partial charge on any atom is -0.481 e. The van der Waals surface area contributed by atoms with Crippen molar-refractivity contribution in [2.24, 2.45) is 5.41 Å². The lowest BCUT2D eigenvalue weighted by Gasteiger charge is -2.28. The molecule has 0 aliphatic rings. The van der Waals surface area contributed by atoms with Crippen molar-refractivity contribution >= 4 is 11.9 Å². The zero-order chi connectivity index (χ0) is 13.5. The molecular weight excluding hydrogens is 220 g/mol. The van der Waals surface area contributed by atoms with Crippen molar-refractivity contribution in [1.29, 1.82) is 5.26 Å². The molecule has 1 amide bonds. The molecule has 0 spiro atoms. The van der Waals surface area contributed by atoms with Crippen LogP contribution in [-0.4, -0.2) is 35.5 Å². The summed E-state index contributed by atoms with van der Waals surface area (Å²) in [4.78, 5) is 24.5. The van der Waals surface area contributed by atoms with Gasteiger partial charge in [0, 0.05) is 20.0 Å². The van der Waals surface area contributed by atoms with Crippen LogP contribution in [0.2, 0.25) is 0 Å². The fourth-order valence-electron chi connectivity index (χ4n) is 1.64. The summed E-state index contributed by atoms with van der Waals surface area (Å²) in [7, 11) is 1.59. The summed E-state index contributed by atoms with van der Waals surface area (Å²) in [6.45, 7) is 3.90. The van der Waals surface area contributed by atoms with Crippen LogP contribution in [0, 0.1) is 16.7 Å². The first-order chi connectivity index (χ1) is 7.93. The SMILES string of the molecule is CCC(CC)(CC(=O)N(C)CCC#N)C(=O)O. The molecular formula is C12H20N2O3. The molecule has 5 nitrogen and oxygen atoms in total. The monoisotopic (exact) mass is 240 g/mol. The van der Waals surface area contributed by atoms with Crippen LogP contribution in [0.3, 0.4) is 0 Å². The average molecular weight is 240 g/mol. The first-order valence-corrected chi connectivity index (χ1v) is 5.77. The van der Waals surface area contributed by atoms with Gasteiger partial charge >= 0.3 is 5.97 Å². The van der Waals surface area contributed by atoms with E-state index in [1.165, 1.54) is 4.90 Å². The van der Waals surface area contributed by atoms with Gasteiger partial charge in [-0.15, -0.1) is 0 Å². The number of hydrogen-bond donors (Lipinski definition) is 1. The van der Waals surface area contributed by atoms with Crippen LogP contribution < -0.4 is 0 Å². The van der Waals surface area contributed by atoms with Gasteiger partial charge in [0.25, 0.3) is 0 Å². The number of nitrogens with zero attached hydrogens (tertiary/aromatic N) is 2. The molecule has 0 saturated heterocycles. The molecule has 0 heterocycles. The first-order valence-electron chi connectivity index (χ1n) is 5.77. The zero-order valence-electron chi connectivity index (χ0n) is 10.7. The Morgan fingerprint density at radius 2 is 1.88 bits per heavy atom. The molecule has 96 valence electrons. The number of rotatable bonds is 7. The molecule has 0 rings (SSSR count). The van der Waals surface area contributed by atoms with Gasteiger partial charge in [0.2, 0.25) is 5.91 Å². The lowest BCUT2D eigenvalue weighted by atomic mass is 9.79. The highest BCUT2D eigenvalue weighted by atomic mass is 16.4. The average Bonchev–Trinajstić information content (AvgIpc) is 2.32. The minimum absolute atomic E-state index is 0.00272. The highest BCUT2D eigenvalue weighted by Gasteiger charge is 2.37. The number of carbonyl (C=O) groups is 2. The third kappa shape index (κ3) is 4.06. The number of carbonyl (C=O) groups excluding carboxylic acids is 1. The third-order valence-corrected chi connectivity index (χ3v) is 3.28. The van der Waals surface area contributed by atoms with Gasteiger partial charge in [-0.3, -0.25) is 9.59 Å². The summed E-state index contributed by atoms with van der Waals surface area (Å²) >= 11 is 0. The number of nitriles is 1. The van der Waals surface area contributed by atoms with Crippen molar-refractivity contribution in [3.05, 3.63) is 0 Å². The summed E-state index contributed by atoms with van der Waals surface area (Å²) in [6.07, 6.45) is 1.12. The van der Waals surface area contributed by atoms with Crippen LogP contribution in [0.15, 0.2) is 0 Å². The Morgan fingerprint density at radius 1 is 1.35 bits per heavy atom. The Morgan fingerprint density at radius 3 is 2.24 bits per heavy atom. The van der Waals surface area contributed by atoms with E-state index in [4.69, 9.17) is 5.26 Å². The highest BCUT2D eigenvalue weighted by molar-refractivity contribution is 5.84. The normalized spacial score (nSPS) is 10.7. The van der Waals surface area contributed by atoms with Gasteiger partial charge in [-0.05, 0) is 12.8 Å². The van der Waals surface area contributed by atoms with Crippen molar-refractivity contribution in [2.75, 3.05) is 13.6 Å². The predicted molar refractivity (Wildman–Crippen MR) is 63.1 cm³/mol. The lowest BCUT2D eigenvalue weighted by molar-refractivity contribution is -0.154. The molecule has 0 saturated carbocycles. The number of aliphatic carboxylic acids is 1. The quantitative estimate of drug-likeness (QED) is 0.733. The van der Waals surface area contributed by atoms with Crippen LogP contribution >= 0.6 is 0 Å². The molecule has 0 atom stereocenters. The molecule has 0 aromatic heterocycles. The van der Waals surface area contributed by atoms with E-state index in [1.807, 2.05) is 6.07 Å². The molecule has 0 aromatic carbocycles. The van der Waals surface area contributed by atoms with E-state index >= 15 is 0 Å². The molecule has 0 radical (unpaired) electrons. The van der Waals surface area contributed by atoms with Gasteiger partial charge in [-0.2, -0.15) is 5.26 Å². The lowest BCUT2D eigenvalue weighted by Crippen LogP contribution is -2.38. The Bertz CT molecular complexity index is 316. The van der Waals surface area contributed by atoms with E-state index in [9.17, 15) is 14.7 Å². The molecule has 17 heavy (non-hydrogen) atoms. The summed E-state index contributed by atoms with van der Waals surface area (Å²) in [5.74, 6) is -1.14. The first kappa shape index (κ1) is 15.4. The van der Waals surface area contributed by atoms with Crippen LogP contribution in [-0.2, 0) is 9.59 Å². The van der Waals surface area contributed by atoms with Crippen LogP contribution in [0.5, 0.6) is 0 Å². The highest BCUT2D eigenvalue weighted by Crippen LogP contribution is 2.31. The van der Waals surface area contributed by atoms with Crippen molar-refractivity contribution in [1.82, 2.24) is 4.90 Å². The van der Waals surface area contributed by atoms with E-state index in [0.29, 0.717) is 19.4 Å². The Labute approximate surface area is 102 Å². The van der Waals surface area contributed by atoms with E-state index in [0.717, 1.165) is 0 Å². The van der Waals surface area contributed by atoms with Gasteiger partial charge in [0.1, 0.15) is 0 Å². The molecule has 0 aliphatic carbocycles. The Kier molecular flexibility index (Phi) is 6.26. The van der Waals surface area contributed by atoms with E-state index < -0.39 is 11.4 Å². The van der Waals surface area contributed by atoms with Gasteiger partial charge in [0.05, 0.1) is 17.9 Å². The van der Waals surface area contributed by atoms with Crippen molar-refractivity contribution < 1.29 is 14.7 Å². The fourth-order valence-corrected chi connectivity index (χ4v) is 1.64. The predicted octanol–water partition coefficient (Wildman–Crippen LogP) is 1.64. The minimum atomic E-state index is -0.974. The third-order valence-electron chi connectivity index (χ3n) is 3.28. The molecule has 0 unspecified atom stereocenters. The number of carboxylic acid groups (broad SMARTS) is 1. The number of hydrogen-bond acceptors (Lipinski definition) is 3. The second-order valence-electron chi connectivity index (χ2n) is 4.19. The fraction of sp³-hybridized carbons (Fsp3) is 0.750. The standard InChI is InChI=1S/C12H20N2O3/c1-4-12(5-2,11(16)17)9-10(15)14(3)8-6-7-13/h4-6,8-9H2,1-3H3,(H,16,17). The summed E-state index contributed by atoms with van der Waals surface area (Å²) in [6, 6.07) is 1.96. The molecule has 0 aliphatic heterocycles. The van der Waals surface area contributed by atoms with E-state index in [1.54, 1.807) is 20.9 Å². The smallest absolute Gasteiger partial charge is 0.310 e. The molecule has 0 bridgehead atoms. The molecule has 0 fully saturated rings. The summed E-state index contributed by atoms with van der Waals surface area (Å²) in [5.41, 5.74) is -0.974.